The Labute approximate surface area is 581 Å². The number of fused-ring (bicyclic) bond motifs is 9. The van der Waals surface area contributed by atoms with E-state index in [0.29, 0.717) is 11.1 Å². The average Bonchev–Trinajstić information content (AvgIpc) is 0.698. The number of allylic oxidation sites excluding steroid dienone is 1. The van der Waals surface area contributed by atoms with E-state index < -0.39 is 205 Å². The topological polar surface area (TPSA) is 554 Å². The van der Waals surface area contributed by atoms with Crippen molar-refractivity contribution < 1.29 is 124 Å². The zero-order valence-corrected chi connectivity index (χ0v) is 56.6. The van der Waals surface area contributed by atoms with Gasteiger partial charge in [0.2, 0.25) is 11.6 Å². The number of ether oxygens (including phenoxy) is 2. The third kappa shape index (κ3) is 10.9. The molecule has 1 fully saturated rings. The van der Waals surface area contributed by atoms with E-state index in [1.54, 1.807) is 77.3 Å². The van der Waals surface area contributed by atoms with Crippen LogP contribution in [0.1, 0.15) is 127 Å². The number of Topliss-reactive ketones (excluding diaryl/α,β-unsaturated/α-hetero) is 5. The van der Waals surface area contributed by atoms with Gasteiger partial charge in [-0.1, -0.05) is 43.3 Å². The fraction of sp³-hybridized carbons (Fsp3) is 0.423. The first kappa shape index (κ1) is 74.9. The van der Waals surface area contributed by atoms with Crippen molar-refractivity contribution >= 4 is 58.0 Å². The number of anilines is 1. The lowest BCUT2D eigenvalue weighted by Gasteiger charge is -2.53. The molecule has 31 heteroatoms. The highest BCUT2D eigenvalue weighted by molar-refractivity contribution is 6.31. The summed E-state index contributed by atoms with van der Waals surface area (Å²) in [5.41, 5.74) is 7.77. The second-order valence-electron chi connectivity index (χ2n) is 27.9. The summed E-state index contributed by atoms with van der Waals surface area (Å²) in [7, 11) is 9.76. The maximum atomic E-state index is 13.5. The Bertz CT molecular complexity index is 4480. The van der Waals surface area contributed by atoms with Crippen molar-refractivity contribution in [3.63, 3.8) is 0 Å². The molecule has 31 nitrogen and oxygen atoms in total. The van der Waals surface area contributed by atoms with Gasteiger partial charge >= 0.3 is 0 Å². The SMILES string of the molecule is CC(=O)[C@]1(O)Cc2c(O)c3c(c(O)c2[C@@H](O[C@H]2C[C@H](N)[C@H](O)[C@H](C)O2)C1)C(=O)c1ccccc1C3=O.CN(C)c1ccc(O)c2c1C[C@H]1C[C@H]3[C@H](N(C)C)C(O)=C(C(N)=O)C(=O)[C@@]3(O)C(O)=C1C2=O.C[C@H]1c2cccc(O)c2C(=O)C2=C(O)[C@]3(O)C(=O)C(C(N)=O)=C(O)[C@@H](N(C)C)[C@@H]3[C@@H](O)[C@@H]21.O. The second kappa shape index (κ2) is 26.2. The smallest absolute Gasteiger partial charge is 0.255 e. The summed E-state index contributed by atoms with van der Waals surface area (Å²) in [6.45, 7) is 4.48. The maximum Gasteiger partial charge on any atom is 0.255 e. The molecule has 4 aromatic rings. The van der Waals surface area contributed by atoms with E-state index in [1.165, 1.54) is 55.1 Å². The Morgan fingerprint density at radius 1 is 0.618 bits per heavy atom. The van der Waals surface area contributed by atoms with Crippen LogP contribution in [-0.2, 0) is 46.3 Å². The van der Waals surface area contributed by atoms with Gasteiger partial charge in [0.1, 0.15) is 62.8 Å². The van der Waals surface area contributed by atoms with Gasteiger partial charge in [0, 0.05) is 90.3 Å². The highest BCUT2D eigenvalue weighted by Crippen LogP contribution is 2.58. The molecule has 0 bridgehead atoms. The average molecular weight is 1420 g/mol. The van der Waals surface area contributed by atoms with Gasteiger partial charge in [-0.2, -0.15) is 0 Å². The molecule has 21 N–H and O–H groups in total. The summed E-state index contributed by atoms with van der Waals surface area (Å²) in [5.74, 6) is -18.5. The van der Waals surface area contributed by atoms with Crippen LogP contribution in [0, 0.1) is 23.7 Å². The van der Waals surface area contributed by atoms with Gasteiger partial charge in [0.25, 0.3) is 11.8 Å². The van der Waals surface area contributed by atoms with E-state index in [-0.39, 0.29) is 92.7 Å². The fourth-order valence-electron chi connectivity index (χ4n) is 16.7. The molecule has 1 heterocycles. The van der Waals surface area contributed by atoms with Crippen LogP contribution in [0.15, 0.2) is 99.9 Å². The number of hydrogen-bond acceptors (Lipinski definition) is 28. The van der Waals surface area contributed by atoms with E-state index in [2.05, 4.69) is 0 Å². The standard InChI is InChI=1S/C26H27NO9.C23H27N3O7.C22H24N2O8.H2O/c1-10-21(29)15(27)7-17(35-10)36-16-9-26(34,11(2)28)8-14-18(16)25(33)20-19(24(14)32)22(30)12-5-3-4-6-13(12)23(20)31;1-25(2)12-5-6-13(27)15-10(12)7-9-8-11-17(26(3)4)19(29)16(22(24)32)21(31)23(11,33)20(30)14(9)18(15)28;1-7-8-5-4-6-9(25)11(8)16(26)12-10(7)17(27)14-15(24(2)3)18(28)13(21(23)31)20(30)22(14,32)19(12)29;/h3-6,10,15-17,21,29,32-34H,7-9,27H2,1-2H3;5-6,9,11,17,27,29-30,33H,7-8H2,1-4H3,(H2,24,32);4-7,10,14-15,17,25,27-29,32H,1-3H3,(H2,23,31);1H2/t10-,15-,16-,17-,21+,26-;9-,11-,17-,23-;7-,10+,14+,15-,17-,22-;/m000./s1. The van der Waals surface area contributed by atoms with Gasteiger partial charge in [-0.05, 0) is 96.0 Å². The number of amides is 2. The first-order valence-corrected chi connectivity index (χ1v) is 32.2. The number of aromatic hydroxyl groups is 4. The molecule has 0 radical (unpaired) electrons. The van der Waals surface area contributed by atoms with Crippen LogP contribution in [0.3, 0.4) is 0 Å². The summed E-state index contributed by atoms with van der Waals surface area (Å²) in [4.78, 5) is 121. The minimum Gasteiger partial charge on any atom is -0.510 e. The Morgan fingerprint density at radius 3 is 1.69 bits per heavy atom. The molecule has 9 aliphatic rings. The molecule has 0 aromatic heterocycles. The number of aliphatic hydroxyl groups excluding tert-OH is 6. The van der Waals surface area contributed by atoms with Gasteiger partial charge in [0.15, 0.2) is 46.4 Å². The number of carbonyl (C=O) groups is 9. The Morgan fingerprint density at radius 2 is 1.15 bits per heavy atom. The minimum absolute atomic E-state index is 0. The van der Waals surface area contributed by atoms with Crippen molar-refractivity contribution in [1.29, 1.82) is 0 Å². The minimum atomic E-state index is -2.89. The summed E-state index contributed by atoms with van der Waals surface area (Å²) in [6, 6.07) is 10.6. The number of hydrogen-bond donors (Lipinski definition) is 16. The lowest BCUT2D eigenvalue weighted by Crippen LogP contribution is -2.68. The molecule has 13 rings (SSSR count). The molecule has 544 valence electrons. The van der Waals surface area contributed by atoms with Gasteiger partial charge in [-0.15, -0.1) is 0 Å². The van der Waals surface area contributed by atoms with Crippen LogP contribution in [-0.4, -0.2) is 236 Å². The molecule has 0 spiro atoms. The van der Waals surface area contributed by atoms with E-state index >= 15 is 0 Å². The Hall–Kier alpha value is -9.77. The number of aliphatic hydroxyl groups is 9. The van der Waals surface area contributed by atoms with Crippen LogP contribution in [0.25, 0.3) is 0 Å². The number of nitrogens with two attached hydrogens (primary N) is 3. The van der Waals surface area contributed by atoms with E-state index in [4.69, 9.17) is 26.7 Å². The van der Waals surface area contributed by atoms with Crippen LogP contribution < -0.4 is 22.1 Å². The summed E-state index contributed by atoms with van der Waals surface area (Å²) in [5, 5.41) is 143. The largest absolute Gasteiger partial charge is 0.510 e. The van der Waals surface area contributed by atoms with E-state index in [1.807, 2.05) is 0 Å². The normalized spacial score (nSPS) is 31.3. The molecule has 1 saturated heterocycles. The number of benzene rings is 4. The quantitative estimate of drug-likeness (QED) is 0.0720. The number of ketones is 7. The van der Waals surface area contributed by atoms with E-state index in [0.717, 1.165) is 5.69 Å². The predicted octanol–water partition coefficient (Wildman–Crippen LogP) is 0.0346. The van der Waals surface area contributed by atoms with Gasteiger partial charge in [-0.25, -0.2) is 0 Å². The number of phenols is 4. The maximum absolute atomic E-state index is 13.5. The van der Waals surface area contributed by atoms with Crippen LogP contribution in [0.4, 0.5) is 5.69 Å². The van der Waals surface area contributed by atoms with Crippen molar-refractivity contribution in [2.75, 3.05) is 47.2 Å². The number of primary amides is 2. The molecule has 8 aliphatic carbocycles. The Balaban J connectivity index is 0.000000164. The van der Waals surface area contributed by atoms with Crippen molar-refractivity contribution in [2.24, 2.45) is 40.9 Å². The number of likely N-dealkylation sites (N-methyl/N-ethyl adjacent to an activating group) is 2. The molecule has 1 aliphatic heterocycles. The third-order valence-electron chi connectivity index (χ3n) is 21.6. The summed E-state index contributed by atoms with van der Waals surface area (Å²) < 4.78 is 11.8. The van der Waals surface area contributed by atoms with Crippen molar-refractivity contribution in [1.82, 2.24) is 9.80 Å². The third-order valence-corrected chi connectivity index (χ3v) is 21.6. The van der Waals surface area contributed by atoms with Crippen molar-refractivity contribution in [2.45, 2.75) is 124 Å². The molecule has 4 aromatic carbocycles. The lowest BCUT2D eigenvalue weighted by atomic mass is 9.55. The molecular formula is C71H80N6O25. The molecular weight excluding hydrogens is 1340 g/mol. The van der Waals surface area contributed by atoms with Crippen LogP contribution >= 0.6 is 0 Å². The van der Waals surface area contributed by atoms with Crippen LogP contribution in [0.5, 0.6) is 23.0 Å². The zero-order valence-electron chi connectivity index (χ0n) is 56.6. The monoisotopic (exact) mass is 1420 g/mol. The molecule has 0 unspecified atom stereocenters. The molecule has 2 amide bonds. The van der Waals surface area contributed by atoms with E-state index in [9.17, 15) is 110 Å². The van der Waals surface area contributed by atoms with Crippen molar-refractivity contribution in [3.05, 3.63) is 156 Å². The number of nitrogens with zero attached hydrogens (tertiary/aromatic N) is 3. The Kier molecular flexibility index (Phi) is 19.3. The first-order chi connectivity index (χ1) is 47.1. The lowest BCUT2D eigenvalue weighted by molar-refractivity contribution is -0.247. The highest BCUT2D eigenvalue weighted by Gasteiger charge is 2.68. The molecule has 102 heavy (non-hydrogen) atoms. The van der Waals surface area contributed by atoms with Crippen molar-refractivity contribution in [3.8, 4) is 23.0 Å². The molecule has 0 saturated carbocycles. The summed E-state index contributed by atoms with van der Waals surface area (Å²) >= 11 is 0. The van der Waals surface area contributed by atoms with Crippen LogP contribution in [0.2, 0.25) is 0 Å². The fourth-order valence-corrected chi connectivity index (χ4v) is 16.7. The number of phenolic OH excluding ortho intramolecular Hbond substituents is 4. The van der Waals surface area contributed by atoms with Gasteiger partial charge in [-0.3, -0.25) is 53.0 Å². The number of carbonyl (C=O) groups excluding carboxylic acids is 9. The van der Waals surface area contributed by atoms with Gasteiger partial charge < -0.3 is 103 Å². The highest BCUT2D eigenvalue weighted by atomic mass is 16.7. The van der Waals surface area contributed by atoms with Gasteiger partial charge in [0.05, 0.1) is 64.7 Å². The predicted molar refractivity (Wildman–Crippen MR) is 355 cm³/mol. The number of rotatable bonds is 8. The zero-order chi connectivity index (χ0) is 74.5. The summed E-state index contributed by atoms with van der Waals surface area (Å²) in [6.07, 6.45) is -5.64. The first-order valence-electron chi connectivity index (χ1n) is 32.2. The second-order valence-corrected chi connectivity index (χ2v) is 27.9. The molecule has 16 atom stereocenters.